The summed E-state index contributed by atoms with van der Waals surface area (Å²) in [6.45, 7) is 5.37. The van der Waals surface area contributed by atoms with Gasteiger partial charge in [0.15, 0.2) is 5.78 Å². The monoisotopic (exact) mass is 237 g/mol. The van der Waals surface area contributed by atoms with Gasteiger partial charge in [0.25, 0.3) is 0 Å². The smallest absolute Gasteiger partial charge is 0.159 e. The number of hydrogen-bond donors (Lipinski definition) is 0. The fraction of sp³-hybridized carbons (Fsp3) is 0.462. The van der Waals surface area contributed by atoms with Gasteiger partial charge in [0, 0.05) is 18.7 Å². The third-order valence-corrected chi connectivity index (χ3v) is 2.94. The first-order chi connectivity index (χ1) is 8.08. The topological polar surface area (TPSA) is 29.5 Å². The number of hydrogen-bond acceptors (Lipinski definition) is 3. The predicted octanol–water partition coefficient (Wildman–Crippen LogP) is 2.25. The zero-order valence-corrected chi connectivity index (χ0v) is 10.1. The molecule has 1 unspecified atom stereocenters. The molecule has 0 spiro atoms. The van der Waals surface area contributed by atoms with Crippen LogP contribution in [-0.2, 0) is 4.74 Å². The average molecular weight is 237 g/mol. The summed E-state index contributed by atoms with van der Waals surface area (Å²) in [4.78, 5) is 13.1. The number of rotatable bonds is 2. The van der Waals surface area contributed by atoms with Crippen molar-refractivity contribution in [1.82, 2.24) is 0 Å². The predicted molar refractivity (Wildman–Crippen MR) is 64.0 cm³/mol. The quantitative estimate of drug-likeness (QED) is 0.739. The van der Waals surface area contributed by atoms with E-state index in [0.717, 1.165) is 0 Å². The van der Waals surface area contributed by atoms with Gasteiger partial charge in [0.1, 0.15) is 5.82 Å². The van der Waals surface area contributed by atoms with Crippen molar-refractivity contribution in [2.45, 2.75) is 20.0 Å². The van der Waals surface area contributed by atoms with Gasteiger partial charge in [-0.05, 0) is 32.0 Å². The number of carbonyl (C=O) groups is 1. The third kappa shape index (κ3) is 2.64. The van der Waals surface area contributed by atoms with E-state index < -0.39 is 0 Å². The van der Waals surface area contributed by atoms with Crippen molar-refractivity contribution in [1.29, 1.82) is 0 Å². The molecule has 1 fully saturated rings. The van der Waals surface area contributed by atoms with Crippen LogP contribution in [0.25, 0.3) is 0 Å². The molecule has 0 bridgehead atoms. The van der Waals surface area contributed by atoms with Crippen molar-refractivity contribution in [3.63, 3.8) is 0 Å². The van der Waals surface area contributed by atoms with Crippen LogP contribution in [0.2, 0.25) is 0 Å². The molecule has 0 radical (unpaired) electrons. The van der Waals surface area contributed by atoms with Crippen LogP contribution >= 0.6 is 0 Å². The molecule has 1 atom stereocenters. The zero-order chi connectivity index (χ0) is 12.4. The van der Waals surface area contributed by atoms with Crippen LogP contribution in [0.3, 0.4) is 0 Å². The molecule has 0 amide bonds. The highest BCUT2D eigenvalue weighted by Gasteiger charge is 2.19. The van der Waals surface area contributed by atoms with Crippen LogP contribution in [-0.4, -0.2) is 31.6 Å². The van der Waals surface area contributed by atoms with Crippen molar-refractivity contribution in [2.24, 2.45) is 0 Å². The zero-order valence-electron chi connectivity index (χ0n) is 10.1. The van der Waals surface area contributed by atoms with E-state index in [1.165, 1.54) is 13.0 Å². The Bertz CT molecular complexity index is 433. The molecule has 1 heterocycles. The first kappa shape index (κ1) is 12.0. The number of ether oxygens (including phenoxy) is 1. The van der Waals surface area contributed by atoms with Gasteiger partial charge in [-0.25, -0.2) is 4.39 Å². The normalized spacial score (nSPS) is 20.4. The van der Waals surface area contributed by atoms with E-state index in [0.29, 0.717) is 30.9 Å². The van der Waals surface area contributed by atoms with Gasteiger partial charge in [-0.1, -0.05) is 0 Å². The van der Waals surface area contributed by atoms with E-state index in [-0.39, 0.29) is 17.7 Å². The summed E-state index contributed by atoms with van der Waals surface area (Å²) in [5, 5.41) is 0. The maximum Gasteiger partial charge on any atom is 0.159 e. The highest BCUT2D eigenvalue weighted by atomic mass is 19.1. The first-order valence-electron chi connectivity index (χ1n) is 5.75. The third-order valence-electron chi connectivity index (χ3n) is 2.94. The van der Waals surface area contributed by atoms with Crippen molar-refractivity contribution in [2.75, 3.05) is 24.6 Å². The molecular formula is C13H16FNO2. The minimum atomic E-state index is -0.341. The molecule has 17 heavy (non-hydrogen) atoms. The molecule has 4 heteroatoms. The SMILES string of the molecule is CC(=O)c1ccc(N2CCOC(C)C2)c(F)c1. The average Bonchev–Trinajstić information content (AvgIpc) is 2.28. The molecule has 1 aromatic rings. The number of carbonyl (C=O) groups excluding carboxylic acids is 1. The summed E-state index contributed by atoms with van der Waals surface area (Å²) >= 11 is 0. The minimum Gasteiger partial charge on any atom is -0.375 e. The summed E-state index contributed by atoms with van der Waals surface area (Å²) in [6, 6.07) is 4.64. The number of benzene rings is 1. The van der Waals surface area contributed by atoms with E-state index in [4.69, 9.17) is 4.74 Å². The van der Waals surface area contributed by atoms with Crippen LogP contribution in [0.4, 0.5) is 10.1 Å². The molecular weight excluding hydrogens is 221 g/mol. The Labute approximate surface area is 100 Å². The lowest BCUT2D eigenvalue weighted by molar-refractivity contribution is 0.0530. The molecule has 92 valence electrons. The molecule has 1 aliphatic heterocycles. The molecule has 0 aromatic heterocycles. The van der Waals surface area contributed by atoms with Gasteiger partial charge in [0.2, 0.25) is 0 Å². The van der Waals surface area contributed by atoms with E-state index in [1.807, 2.05) is 11.8 Å². The molecule has 0 saturated carbocycles. The summed E-state index contributed by atoms with van der Waals surface area (Å²) in [6.07, 6.45) is 0.107. The summed E-state index contributed by atoms with van der Waals surface area (Å²) in [5.41, 5.74) is 0.956. The molecule has 1 saturated heterocycles. The van der Waals surface area contributed by atoms with Crippen LogP contribution in [0.1, 0.15) is 24.2 Å². The molecule has 0 aliphatic carbocycles. The summed E-state index contributed by atoms with van der Waals surface area (Å²) < 4.78 is 19.3. The largest absolute Gasteiger partial charge is 0.375 e. The molecule has 1 aromatic carbocycles. The Morgan fingerprint density at radius 3 is 2.88 bits per heavy atom. The molecule has 2 rings (SSSR count). The maximum absolute atomic E-state index is 13.9. The lowest BCUT2D eigenvalue weighted by Crippen LogP contribution is -2.41. The van der Waals surface area contributed by atoms with E-state index in [2.05, 4.69) is 0 Å². The Balaban J connectivity index is 2.23. The lowest BCUT2D eigenvalue weighted by Gasteiger charge is -2.33. The van der Waals surface area contributed by atoms with Crippen LogP contribution in [0, 0.1) is 5.82 Å². The van der Waals surface area contributed by atoms with Crippen molar-refractivity contribution >= 4 is 11.5 Å². The van der Waals surface area contributed by atoms with E-state index in [9.17, 15) is 9.18 Å². The Kier molecular flexibility index (Phi) is 3.43. The van der Waals surface area contributed by atoms with Gasteiger partial charge >= 0.3 is 0 Å². The second-order valence-electron chi connectivity index (χ2n) is 4.35. The van der Waals surface area contributed by atoms with Gasteiger partial charge in [0.05, 0.1) is 18.4 Å². The Hall–Kier alpha value is -1.42. The van der Waals surface area contributed by atoms with Crippen LogP contribution < -0.4 is 4.90 Å². The van der Waals surface area contributed by atoms with Gasteiger partial charge in [-0.15, -0.1) is 0 Å². The van der Waals surface area contributed by atoms with E-state index in [1.54, 1.807) is 12.1 Å². The second kappa shape index (κ2) is 4.84. The Morgan fingerprint density at radius 1 is 1.53 bits per heavy atom. The van der Waals surface area contributed by atoms with Crippen LogP contribution in [0.5, 0.6) is 0 Å². The fourth-order valence-electron chi connectivity index (χ4n) is 2.02. The highest BCUT2D eigenvalue weighted by Crippen LogP contribution is 2.22. The molecule has 3 nitrogen and oxygen atoms in total. The lowest BCUT2D eigenvalue weighted by atomic mass is 10.1. The number of anilines is 1. The van der Waals surface area contributed by atoms with Crippen molar-refractivity contribution < 1.29 is 13.9 Å². The first-order valence-corrected chi connectivity index (χ1v) is 5.75. The molecule has 1 aliphatic rings. The van der Waals surface area contributed by atoms with E-state index >= 15 is 0 Å². The maximum atomic E-state index is 13.9. The van der Waals surface area contributed by atoms with Gasteiger partial charge < -0.3 is 9.64 Å². The van der Waals surface area contributed by atoms with Crippen molar-refractivity contribution in [3.8, 4) is 0 Å². The summed E-state index contributed by atoms with van der Waals surface area (Å²) in [7, 11) is 0. The van der Waals surface area contributed by atoms with Crippen molar-refractivity contribution in [3.05, 3.63) is 29.6 Å². The number of morpholine rings is 1. The second-order valence-corrected chi connectivity index (χ2v) is 4.35. The Morgan fingerprint density at radius 2 is 2.29 bits per heavy atom. The standard InChI is InChI=1S/C13H16FNO2/c1-9-8-15(5-6-17-9)13-4-3-11(10(2)16)7-12(13)14/h3-4,7,9H,5-6,8H2,1-2H3. The number of ketones is 1. The molecule has 0 N–H and O–H groups in total. The number of nitrogens with zero attached hydrogens (tertiary/aromatic N) is 1. The minimum absolute atomic E-state index is 0.107. The number of Topliss-reactive ketones (excluding diaryl/α,β-unsaturated/α-hetero) is 1. The number of halogens is 1. The fourth-order valence-corrected chi connectivity index (χ4v) is 2.02. The highest BCUT2D eigenvalue weighted by molar-refractivity contribution is 5.94. The van der Waals surface area contributed by atoms with Gasteiger partial charge in [-0.2, -0.15) is 0 Å². The summed E-state index contributed by atoms with van der Waals surface area (Å²) in [5.74, 6) is -0.461. The van der Waals surface area contributed by atoms with Crippen LogP contribution in [0.15, 0.2) is 18.2 Å². The van der Waals surface area contributed by atoms with Gasteiger partial charge in [-0.3, -0.25) is 4.79 Å².